The minimum Gasteiger partial charge on any atom is -0.273 e. The average molecular weight is 191 g/mol. The van der Waals surface area contributed by atoms with Gasteiger partial charge in [-0.15, -0.1) is 0 Å². The third-order valence-corrected chi connectivity index (χ3v) is 4.15. The number of carbonyl (C=O) groups is 1. The Labute approximate surface area is 72.6 Å². The first kappa shape index (κ1) is 9.51. The van der Waals surface area contributed by atoms with Gasteiger partial charge in [0, 0.05) is 6.54 Å². The molecule has 0 spiro atoms. The molecule has 1 amide bonds. The fraction of sp³-hybridized carbons (Fsp3) is 0.857. The second kappa shape index (κ2) is 2.45. The quantitative estimate of drug-likeness (QED) is 0.595. The molecule has 1 heterocycles. The summed E-state index contributed by atoms with van der Waals surface area (Å²) in [7, 11) is -3.31. The minimum atomic E-state index is -3.31. The van der Waals surface area contributed by atoms with E-state index in [4.69, 9.17) is 0 Å². The molecule has 0 bridgehead atoms. The molecular formula is C7H13NO3S. The van der Waals surface area contributed by atoms with E-state index >= 15 is 0 Å². The van der Waals surface area contributed by atoms with E-state index in [0.717, 1.165) is 4.31 Å². The van der Waals surface area contributed by atoms with Crippen molar-refractivity contribution in [2.75, 3.05) is 12.3 Å². The summed E-state index contributed by atoms with van der Waals surface area (Å²) >= 11 is 0. The van der Waals surface area contributed by atoms with Gasteiger partial charge in [0.1, 0.15) is 0 Å². The maximum atomic E-state index is 11.4. The molecule has 4 nitrogen and oxygen atoms in total. The molecule has 1 aliphatic rings. The van der Waals surface area contributed by atoms with Crippen LogP contribution in [0.5, 0.6) is 0 Å². The molecule has 5 heteroatoms. The van der Waals surface area contributed by atoms with Gasteiger partial charge in [0.15, 0.2) is 0 Å². The molecular weight excluding hydrogens is 178 g/mol. The van der Waals surface area contributed by atoms with Crippen molar-refractivity contribution in [1.82, 2.24) is 4.31 Å². The van der Waals surface area contributed by atoms with Crippen LogP contribution < -0.4 is 0 Å². The molecule has 1 rings (SSSR count). The van der Waals surface area contributed by atoms with Crippen LogP contribution in [0.15, 0.2) is 0 Å². The molecule has 1 fully saturated rings. The molecule has 0 aromatic heterocycles. The summed E-state index contributed by atoms with van der Waals surface area (Å²) in [5, 5.41) is 0. The van der Waals surface area contributed by atoms with Crippen LogP contribution in [-0.4, -0.2) is 30.9 Å². The molecule has 0 aromatic rings. The predicted molar refractivity (Wildman–Crippen MR) is 45.0 cm³/mol. The number of carbonyl (C=O) groups excluding carboxylic acids is 1. The Morgan fingerprint density at radius 3 is 2.17 bits per heavy atom. The third kappa shape index (κ3) is 1.22. The topological polar surface area (TPSA) is 54.5 Å². The number of rotatable bonds is 1. The Kier molecular flexibility index (Phi) is 1.94. The van der Waals surface area contributed by atoms with Crippen molar-refractivity contribution in [3.8, 4) is 0 Å². The standard InChI is InChI=1S/C7H13NO3S/c1-4-8-6(9)7(2,3)5-12(8,10)11/h4-5H2,1-3H3. The monoisotopic (exact) mass is 191 g/mol. The van der Waals surface area contributed by atoms with Crippen LogP contribution >= 0.6 is 0 Å². The van der Waals surface area contributed by atoms with Gasteiger partial charge in [-0.3, -0.25) is 4.79 Å². The fourth-order valence-corrected chi connectivity index (χ4v) is 3.48. The molecule has 1 aliphatic heterocycles. The summed E-state index contributed by atoms with van der Waals surface area (Å²) in [6.07, 6.45) is 0. The first-order valence-corrected chi connectivity index (χ1v) is 5.47. The Morgan fingerprint density at radius 1 is 1.50 bits per heavy atom. The van der Waals surface area contributed by atoms with Gasteiger partial charge in [0.05, 0.1) is 11.2 Å². The lowest BCUT2D eigenvalue weighted by Crippen LogP contribution is -2.32. The lowest BCUT2D eigenvalue weighted by Gasteiger charge is -2.14. The second-order valence-electron chi connectivity index (χ2n) is 3.61. The van der Waals surface area contributed by atoms with Crippen LogP contribution in [-0.2, 0) is 14.8 Å². The molecule has 12 heavy (non-hydrogen) atoms. The van der Waals surface area contributed by atoms with E-state index in [0.29, 0.717) is 0 Å². The Morgan fingerprint density at radius 2 is 2.00 bits per heavy atom. The van der Waals surface area contributed by atoms with E-state index in [1.54, 1.807) is 20.8 Å². The van der Waals surface area contributed by atoms with Crippen molar-refractivity contribution < 1.29 is 13.2 Å². The summed E-state index contributed by atoms with van der Waals surface area (Å²) in [6, 6.07) is 0. The molecule has 0 aromatic carbocycles. The van der Waals surface area contributed by atoms with E-state index < -0.39 is 15.4 Å². The summed E-state index contributed by atoms with van der Waals surface area (Å²) in [5.74, 6) is -0.350. The average Bonchev–Trinajstić information content (AvgIpc) is 1.98. The zero-order valence-electron chi connectivity index (χ0n) is 7.49. The normalized spacial score (nSPS) is 26.2. The van der Waals surface area contributed by atoms with Gasteiger partial charge >= 0.3 is 0 Å². The summed E-state index contributed by atoms with van der Waals surface area (Å²) in [4.78, 5) is 11.4. The van der Waals surface area contributed by atoms with Crippen LogP contribution in [0.1, 0.15) is 20.8 Å². The number of hydrogen-bond acceptors (Lipinski definition) is 3. The van der Waals surface area contributed by atoms with E-state index in [1.807, 2.05) is 0 Å². The highest BCUT2D eigenvalue weighted by Gasteiger charge is 2.48. The van der Waals surface area contributed by atoms with Crippen molar-refractivity contribution in [1.29, 1.82) is 0 Å². The van der Waals surface area contributed by atoms with Gasteiger partial charge in [-0.1, -0.05) is 0 Å². The van der Waals surface area contributed by atoms with Crippen molar-refractivity contribution >= 4 is 15.9 Å². The Bertz CT molecular complexity index is 305. The molecule has 0 atom stereocenters. The molecule has 0 unspecified atom stereocenters. The number of nitrogens with zero attached hydrogens (tertiary/aromatic N) is 1. The van der Waals surface area contributed by atoms with Crippen molar-refractivity contribution in [3.05, 3.63) is 0 Å². The lowest BCUT2D eigenvalue weighted by molar-refractivity contribution is -0.132. The van der Waals surface area contributed by atoms with Gasteiger partial charge in [0.25, 0.3) is 0 Å². The molecule has 0 radical (unpaired) electrons. The SMILES string of the molecule is CCN1C(=O)C(C)(C)CS1(=O)=O. The molecule has 0 aliphatic carbocycles. The molecule has 0 N–H and O–H groups in total. The molecule has 0 saturated carbocycles. The first-order valence-electron chi connectivity index (χ1n) is 3.86. The fourth-order valence-electron chi connectivity index (χ4n) is 1.40. The van der Waals surface area contributed by atoms with Crippen LogP contribution in [0, 0.1) is 5.41 Å². The van der Waals surface area contributed by atoms with Gasteiger partial charge in [-0.25, -0.2) is 12.7 Å². The van der Waals surface area contributed by atoms with Crippen LogP contribution in [0.2, 0.25) is 0 Å². The van der Waals surface area contributed by atoms with Gasteiger partial charge in [-0.05, 0) is 20.8 Å². The number of sulfonamides is 1. The Balaban J connectivity index is 3.13. The van der Waals surface area contributed by atoms with Crippen molar-refractivity contribution in [3.63, 3.8) is 0 Å². The van der Waals surface area contributed by atoms with E-state index in [9.17, 15) is 13.2 Å². The van der Waals surface area contributed by atoms with Gasteiger partial charge in [0.2, 0.25) is 15.9 Å². The second-order valence-corrected chi connectivity index (χ2v) is 5.50. The van der Waals surface area contributed by atoms with E-state index in [2.05, 4.69) is 0 Å². The third-order valence-electron chi connectivity index (χ3n) is 1.97. The zero-order valence-corrected chi connectivity index (χ0v) is 8.31. The number of hydrogen-bond donors (Lipinski definition) is 0. The maximum absolute atomic E-state index is 11.4. The van der Waals surface area contributed by atoms with E-state index in [-0.39, 0.29) is 18.2 Å². The highest BCUT2D eigenvalue weighted by Crippen LogP contribution is 2.31. The highest BCUT2D eigenvalue weighted by atomic mass is 32.2. The smallest absolute Gasteiger partial charge is 0.242 e. The van der Waals surface area contributed by atoms with Crippen molar-refractivity contribution in [2.45, 2.75) is 20.8 Å². The highest BCUT2D eigenvalue weighted by molar-refractivity contribution is 7.90. The summed E-state index contributed by atoms with van der Waals surface area (Å²) in [5.41, 5.74) is -0.741. The minimum absolute atomic E-state index is 0.0628. The predicted octanol–water partition coefficient (Wildman–Crippen LogP) is 0.205. The summed E-state index contributed by atoms with van der Waals surface area (Å²) < 4.78 is 23.6. The molecule has 1 saturated heterocycles. The molecule has 70 valence electrons. The largest absolute Gasteiger partial charge is 0.273 e. The van der Waals surface area contributed by atoms with Crippen LogP contribution in [0.4, 0.5) is 0 Å². The van der Waals surface area contributed by atoms with Crippen molar-refractivity contribution in [2.24, 2.45) is 5.41 Å². The maximum Gasteiger partial charge on any atom is 0.242 e. The first-order chi connectivity index (χ1) is 5.31. The summed E-state index contributed by atoms with van der Waals surface area (Å²) in [6.45, 7) is 5.21. The van der Waals surface area contributed by atoms with Gasteiger partial charge in [-0.2, -0.15) is 0 Å². The Hall–Kier alpha value is -0.580. The van der Waals surface area contributed by atoms with Crippen LogP contribution in [0.25, 0.3) is 0 Å². The lowest BCUT2D eigenvalue weighted by atomic mass is 9.96. The van der Waals surface area contributed by atoms with Gasteiger partial charge < -0.3 is 0 Å². The van der Waals surface area contributed by atoms with Crippen LogP contribution in [0.3, 0.4) is 0 Å². The van der Waals surface area contributed by atoms with E-state index in [1.165, 1.54) is 0 Å². The zero-order chi connectivity index (χ0) is 9.57. The number of amides is 1.